The molecule has 0 bridgehead atoms. The Morgan fingerprint density at radius 2 is 2.11 bits per heavy atom. The minimum atomic E-state index is -0.308. The summed E-state index contributed by atoms with van der Waals surface area (Å²) in [6, 6.07) is 1.96. The Morgan fingerprint density at radius 3 is 2.72 bits per heavy atom. The molecule has 1 heterocycles. The van der Waals surface area contributed by atoms with Gasteiger partial charge in [0.05, 0.1) is 11.9 Å². The Balaban J connectivity index is 2.62. The van der Waals surface area contributed by atoms with Gasteiger partial charge in [-0.25, -0.2) is 9.97 Å². The largest absolute Gasteiger partial charge is 0.392 e. The summed E-state index contributed by atoms with van der Waals surface area (Å²) in [5.41, 5.74) is 0.976. The van der Waals surface area contributed by atoms with Crippen molar-refractivity contribution < 1.29 is 5.11 Å². The van der Waals surface area contributed by atoms with E-state index in [1.807, 2.05) is 26.8 Å². The van der Waals surface area contributed by atoms with Gasteiger partial charge < -0.3 is 10.4 Å². The lowest BCUT2D eigenvalue weighted by Crippen LogP contribution is -2.15. The summed E-state index contributed by atoms with van der Waals surface area (Å²) in [7, 11) is 0. The predicted octanol–water partition coefficient (Wildman–Crippen LogP) is 2.61. The van der Waals surface area contributed by atoms with E-state index in [4.69, 9.17) is 0 Å². The molecule has 0 aliphatic rings. The first-order valence-corrected chi connectivity index (χ1v) is 7.46. The number of aliphatic hydroxyl groups is 1. The zero-order chi connectivity index (χ0) is 13.5. The Morgan fingerprint density at radius 1 is 1.39 bits per heavy atom. The summed E-state index contributed by atoms with van der Waals surface area (Å²) >= 11 is 1.68. The molecule has 0 saturated heterocycles. The van der Waals surface area contributed by atoms with Crippen LogP contribution < -0.4 is 5.32 Å². The normalized spacial score (nSPS) is 14.3. The molecule has 0 fully saturated rings. The van der Waals surface area contributed by atoms with Gasteiger partial charge in [-0.05, 0) is 20.3 Å². The van der Waals surface area contributed by atoms with E-state index in [9.17, 15) is 5.11 Å². The number of hydrogen-bond acceptors (Lipinski definition) is 5. The summed E-state index contributed by atoms with van der Waals surface area (Å²) in [6.45, 7) is 8.85. The van der Waals surface area contributed by atoms with Crippen molar-refractivity contribution in [3.63, 3.8) is 0 Å². The van der Waals surface area contributed by atoms with Gasteiger partial charge >= 0.3 is 0 Å². The number of aliphatic hydroxyl groups excluding tert-OH is 1. The lowest BCUT2D eigenvalue weighted by molar-refractivity contribution is 0.196. The fourth-order valence-electron chi connectivity index (χ4n) is 1.38. The predicted molar refractivity (Wildman–Crippen MR) is 78.0 cm³/mol. The Hall–Kier alpha value is -0.810. The molecule has 0 aliphatic carbocycles. The fourth-order valence-corrected chi connectivity index (χ4v) is 2.20. The van der Waals surface area contributed by atoms with Gasteiger partial charge in [0, 0.05) is 23.6 Å². The van der Waals surface area contributed by atoms with Crippen molar-refractivity contribution in [1.82, 2.24) is 9.97 Å². The average molecular weight is 269 g/mol. The van der Waals surface area contributed by atoms with Crippen LogP contribution in [0, 0.1) is 6.92 Å². The molecular weight excluding hydrogens is 246 g/mol. The average Bonchev–Trinajstić information content (AvgIpc) is 2.32. The summed E-state index contributed by atoms with van der Waals surface area (Å²) in [4.78, 5) is 8.90. The number of nitrogens with zero attached hydrogens (tertiary/aromatic N) is 2. The van der Waals surface area contributed by atoms with Crippen molar-refractivity contribution in [2.24, 2.45) is 0 Å². The zero-order valence-electron chi connectivity index (χ0n) is 11.6. The summed E-state index contributed by atoms with van der Waals surface area (Å²) in [5, 5.41) is 12.9. The monoisotopic (exact) mass is 269 g/mol. The lowest BCUT2D eigenvalue weighted by atomic mass is 10.3. The Labute approximate surface area is 114 Å². The fraction of sp³-hybridized carbons (Fsp3) is 0.692. The Bertz CT molecular complexity index is 371. The van der Waals surface area contributed by atoms with Crippen LogP contribution in [0.5, 0.6) is 0 Å². The van der Waals surface area contributed by atoms with Crippen LogP contribution in [0.15, 0.2) is 6.07 Å². The maximum absolute atomic E-state index is 9.45. The molecule has 18 heavy (non-hydrogen) atoms. The van der Waals surface area contributed by atoms with Crippen molar-refractivity contribution in [1.29, 1.82) is 0 Å². The minimum absolute atomic E-state index is 0.196. The maximum atomic E-state index is 9.45. The van der Waals surface area contributed by atoms with Crippen LogP contribution in [0.3, 0.4) is 0 Å². The third kappa shape index (κ3) is 5.23. The number of aryl methyl sites for hydroxylation is 1. The van der Waals surface area contributed by atoms with E-state index in [0.717, 1.165) is 36.1 Å². The standard InChI is InChI=1S/C13H23N3OS/c1-5-6-14-12-7-9(2)15-13(16-12)8-18-11(4)10(3)17/h7,10-11,17H,5-6,8H2,1-4H3,(H,14,15,16). The van der Waals surface area contributed by atoms with Gasteiger partial charge in [-0.3, -0.25) is 0 Å². The zero-order valence-corrected chi connectivity index (χ0v) is 12.4. The topological polar surface area (TPSA) is 58.0 Å². The van der Waals surface area contributed by atoms with E-state index in [1.165, 1.54) is 0 Å². The number of nitrogens with one attached hydrogen (secondary N) is 1. The molecule has 2 atom stereocenters. The minimum Gasteiger partial charge on any atom is -0.392 e. The molecule has 0 amide bonds. The molecule has 0 saturated carbocycles. The van der Waals surface area contributed by atoms with E-state index >= 15 is 0 Å². The van der Waals surface area contributed by atoms with E-state index < -0.39 is 0 Å². The van der Waals surface area contributed by atoms with Crippen LogP contribution in [-0.4, -0.2) is 33.0 Å². The molecule has 0 radical (unpaired) electrons. The Kier molecular flexibility index (Phi) is 6.43. The number of aromatic nitrogens is 2. The highest BCUT2D eigenvalue weighted by Crippen LogP contribution is 2.19. The van der Waals surface area contributed by atoms with Crippen LogP contribution in [0.1, 0.15) is 38.7 Å². The number of hydrogen-bond donors (Lipinski definition) is 2. The van der Waals surface area contributed by atoms with Gasteiger partial charge in [-0.1, -0.05) is 13.8 Å². The molecule has 1 aromatic heterocycles. The molecule has 1 aromatic rings. The molecule has 5 heteroatoms. The molecule has 2 unspecified atom stereocenters. The second-order valence-corrected chi connectivity index (χ2v) is 5.86. The quantitative estimate of drug-likeness (QED) is 0.797. The van der Waals surface area contributed by atoms with Crippen LogP contribution in [0.4, 0.5) is 5.82 Å². The number of thioether (sulfide) groups is 1. The van der Waals surface area contributed by atoms with Gasteiger partial charge in [0.1, 0.15) is 11.6 Å². The molecule has 2 N–H and O–H groups in total. The van der Waals surface area contributed by atoms with Crippen LogP contribution in [-0.2, 0) is 5.75 Å². The van der Waals surface area contributed by atoms with Crippen molar-refractivity contribution in [2.75, 3.05) is 11.9 Å². The van der Waals surface area contributed by atoms with Crippen molar-refractivity contribution in [3.8, 4) is 0 Å². The highest BCUT2D eigenvalue weighted by molar-refractivity contribution is 7.99. The van der Waals surface area contributed by atoms with Crippen molar-refractivity contribution in [3.05, 3.63) is 17.6 Å². The van der Waals surface area contributed by atoms with Gasteiger partial charge in [-0.2, -0.15) is 0 Å². The van der Waals surface area contributed by atoms with Crippen LogP contribution in [0.2, 0.25) is 0 Å². The number of anilines is 1. The van der Waals surface area contributed by atoms with Gasteiger partial charge in [-0.15, -0.1) is 11.8 Å². The van der Waals surface area contributed by atoms with Crippen LogP contribution >= 0.6 is 11.8 Å². The second-order valence-electron chi connectivity index (χ2n) is 4.49. The third-order valence-corrected chi connectivity index (χ3v) is 3.96. The first-order valence-electron chi connectivity index (χ1n) is 6.41. The summed E-state index contributed by atoms with van der Waals surface area (Å²) < 4.78 is 0. The van der Waals surface area contributed by atoms with E-state index in [0.29, 0.717) is 0 Å². The third-order valence-electron chi connectivity index (χ3n) is 2.61. The van der Waals surface area contributed by atoms with E-state index in [2.05, 4.69) is 22.2 Å². The van der Waals surface area contributed by atoms with Crippen LogP contribution in [0.25, 0.3) is 0 Å². The first kappa shape index (κ1) is 15.2. The first-order chi connectivity index (χ1) is 8.52. The molecule has 1 rings (SSSR count). The molecular formula is C13H23N3OS. The molecule has 0 aromatic carbocycles. The molecule has 0 spiro atoms. The number of rotatable bonds is 7. The molecule has 102 valence electrons. The molecule has 4 nitrogen and oxygen atoms in total. The van der Waals surface area contributed by atoms with E-state index in [1.54, 1.807) is 11.8 Å². The van der Waals surface area contributed by atoms with Crippen molar-refractivity contribution in [2.45, 2.75) is 51.2 Å². The van der Waals surface area contributed by atoms with E-state index in [-0.39, 0.29) is 11.4 Å². The summed E-state index contributed by atoms with van der Waals surface area (Å²) in [6.07, 6.45) is 0.768. The summed E-state index contributed by atoms with van der Waals surface area (Å²) in [5.74, 6) is 2.45. The van der Waals surface area contributed by atoms with Gasteiger partial charge in [0.25, 0.3) is 0 Å². The van der Waals surface area contributed by atoms with Gasteiger partial charge in [0.15, 0.2) is 0 Å². The van der Waals surface area contributed by atoms with Crippen molar-refractivity contribution >= 4 is 17.6 Å². The maximum Gasteiger partial charge on any atom is 0.140 e. The highest BCUT2D eigenvalue weighted by atomic mass is 32.2. The SMILES string of the molecule is CCCNc1cc(C)nc(CSC(C)C(C)O)n1. The second kappa shape index (κ2) is 7.59. The highest BCUT2D eigenvalue weighted by Gasteiger charge is 2.10. The lowest BCUT2D eigenvalue weighted by Gasteiger charge is -2.14. The molecule has 0 aliphatic heterocycles. The van der Waals surface area contributed by atoms with Gasteiger partial charge in [0.2, 0.25) is 0 Å². The smallest absolute Gasteiger partial charge is 0.140 e.